The normalized spacial score (nSPS) is 18.1. The first-order valence-electron chi connectivity index (χ1n) is 11.7. The van der Waals surface area contributed by atoms with Crippen molar-refractivity contribution in [1.29, 1.82) is 0 Å². The first kappa shape index (κ1) is 26.1. The van der Waals surface area contributed by atoms with E-state index in [1.165, 1.54) is 24.5 Å². The number of halogens is 3. The minimum absolute atomic E-state index is 0.00384. The number of carbonyl (C=O) groups is 1. The smallest absolute Gasteiger partial charge is 0.248 e. The Morgan fingerprint density at radius 2 is 2.11 bits per heavy atom. The van der Waals surface area contributed by atoms with Gasteiger partial charge in [-0.15, -0.1) is 11.6 Å². The van der Waals surface area contributed by atoms with Crippen molar-refractivity contribution < 1.29 is 13.9 Å². The topological polar surface area (TPSA) is 79.4 Å². The van der Waals surface area contributed by atoms with E-state index in [9.17, 15) is 9.18 Å². The highest BCUT2D eigenvalue weighted by Crippen LogP contribution is 2.34. The molecule has 2 N–H and O–H groups in total. The fraction of sp³-hybridized carbons (Fsp3) is 0.346. The molecule has 36 heavy (non-hydrogen) atoms. The van der Waals surface area contributed by atoms with Crippen LogP contribution in [0, 0.1) is 17.7 Å². The van der Waals surface area contributed by atoms with Gasteiger partial charge in [-0.1, -0.05) is 24.6 Å². The van der Waals surface area contributed by atoms with Gasteiger partial charge in [0.15, 0.2) is 0 Å². The lowest BCUT2D eigenvalue weighted by Crippen LogP contribution is -2.16. The Bertz CT molecular complexity index is 1270. The second kappa shape index (κ2) is 11.9. The summed E-state index contributed by atoms with van der Waals surface area (Å²) >= 11 is 11.6. The maximum Gasteiger partial charge on any atom is 0.248 e. The van der Waals surface area contributed by atoms with Crippen LogP contribution in [0.25, 0.3) is 10.9 Å². The van der Waals surface area contributed by atoms with Crippen LogP contribution in [-0.4, -0.2) is 53.4 Å². The van der Waals surface area contributed by atoms with Gasteiger partial charge in [0.2, 0.25) is 5.91 Å². The molecule has 1 amide bonds. The van der Waals surface area contributed by atoms with Crippen LogP contribution in [0.5, 0.6) is 5.75 Å². The van der Waals surface area contributed by atoms with Crippen molar-refractivity contribution in [2.45, 2.75) is 13.3 Å². The largest absolute Gasteiger partial charge is 0.491 e. The quantitative estimate of drug-likeness (QED) is 0.265. The van der Waals surface area contributed by atoms with E-state index in [-0.39, 0.29) is 16.8 Å². The number of nitrogens with zero attached hydrogens (tertiary/aromatic N) is 3. The highest BCUT2D eigenvalue weighted by Gasteiger charge is 2.27. The Kier molecular flexibility index (Phi) is 8.61. The van der Waals surface area contributed by atoms with E-state index < -0.39 is 5.82 Å². The van der Waals surface area contributed by atoms with Crippen LogP contribution in [0.3, 0.4) is 0 Å². The Morgan fingerprint density at radius 3 is 2.83 bits per heavy atom. The number of carbonyl (C=O) groups excluding carboxylic acids is 1. The third-order valence-corrected chi connectivity index (χ3v) is 6.70. The van der Waals surface area contributed by atoms with Gasteiger partial charge in [0.25, 0.3) is 0 Å². The number of fused-ring (bicyclic) bond motifs is 1. The maximum absolute atomic E-state index is 13.6. The van der Waals surface area contributed by atoms with Crippen molar-refractivity contribution in [1.82, 2.24) is 14.9 Å². The molecule has 1 saturated heterocycles. The van der Waals surface area contributed by atoms with E-state index in [1.54, 1.807) is 24.3 Å². The molecular formula is C26H28Cl2FN5O2. The molecule has 0 saturated carbocycles. The number of allylic oxidation sites excluding steroid dienone is 1. The SMILES string of the molecule is CC1CN(C)CC1CCOc1cc2ncnc(Nc3ccc(F)c(Cl)c3)c2cc1NC(=O)/C=C/CCl. The maximum atomic E-state index is 13.6. The van der Waals surface area contributed by atoms with Crippen molar-refractivity contribution in [3.8, 4) is 5.75 Å². The molecule has 1 aromatic heterocycles. The lowest BCUT2D eigenvalue weighted by Gasteiger charge is -2.17. The third-order valence-electron chi connectivity index (χ3n) is 6.23. The fourth-order valence-electron chi connectivity index (χ4n) is 4.43. The molecule has 7 nitrogen and oxygen atoms in total. The summed E-state index contributed by atoms with van der Waals surface area (Å²) in [5, 5.41) is 6.66. The molecule has 1 aliphatic heterocycles. The molecule has 10 heteroatoms. The van der Waals surface area contributed by atoms with Gasteiger partial charge in [-0.3, -0.25) is 4.79 Å². The summed E-state index contributed by atoms with van der Waals surface area (Å²) < 4.78 is 19.7. The molecule has 3 aromatic rings. The van der Waals surface area contributed by atoms with Crippen molar-refractivity contribution in [2.75, 3.05) is 43.3 Å². The number of hydrogen-bond acceptors (Lipinski definition) is 6. The number of aromatic nitrogens is 2. The molecule has 0 radical (unpaired) electrons. The van der Waals surface area contributed by atoms with Crippen LogP contribution in [0.1, 0.15) is 13.3 Å². The summed E-state index contributed by atoms with van der Waals surface area (Å²) in [5.74, 6) is 1.54. The van der Waals surface area contributed by atoms with E-state index in [0.717, 1.165) is 19.5 Å². The molecular weight excluding hydrogens is 504 g/mol. The molecule has 2 unspecified atom stereocenters. The first-order chi connectivity index (χ1) is 17.3. The van der Waals surface area contributed by atoms with Gasteiger partial charge in [-0.05, 0) is 49.6 Å². The van der Waals surface area contributed by atoms with Gasteiger partial charge in [0, 0.05) is 42.2 Å². The zero-order valence-electron chi connectivity index (χ0n) is 20.1. The van der Waals surface area contributed by atoms with Gasteiger partial charge in [-0.25, -0.2) is 14.4 Å². The number of likely N-dealkylation sites (tertiary alicyclic amines) is 1. The molecule has 4 rings (SSSR count). The first-order valence-corrected chi connectivity index (χ1v) is 12.6. The number of alkyl halides is 1. The lowest BCUT2D eigenvalue weighted by atomic mass is 9.95. The average molecular weight is 532 g/mol. The average Bonchev–Trinajstić information content (AvgIpc) is 3.17. The second-order valence-corrected chi connectivity index (χ2v) is 9.70. The Hall–Kier alpha value is -2.94. The van der Waals surface area contributed by atoms with Crippen molar-refractivity contribution in [2.24, 2.45) is 11.8 Å². The predicted octanol–water partition coefficient (Wildman–Crippen LogP) is 5.87. The van der Waals surface area contributed by atoms with Crippen molar-refractivity contribution in [3.63, 3.8) is 0 Å². The summed E-state index contributed by atoms with van der Waals surface area (Å²) in [6.07, 6.45) is 5.27. The summed E-state index contributed by atoms with van der Waals surface area (Å²) in [5.41, 5.74) is 1.67. The third kappa shape index (κ3) is 6.43. The van der Waals surface area contributed by atoms with Gasteiger partial charge >= 0.3 is 0 Å². The second-order valence-electron chi connectivity index (χ2n) is 8.98. The molecule has 190 valence electrons. The van der Waals surface area contributed by atoms with Gasteiger partial charge in [0.1, 0.15) is 23.7 Å². The van der Waals surface area contributed by atoms with Gasteiger partial charge in [0.05, 0.1) is 22.8 Å². The summed E-state index contributed by atoms with van der Waals surface area (Å²) in [4.78, 5) is 23.5. The zero-order chi connectivity index (χ0) is 25.7. The Balaban J connectivity index is 1.62. The molecule has 1 fully saturated rings. The fourth-order valence-corrected chi connectivity index (χ4v) is 4.70. The number of ether oxygens (including phenoxy) is 1. The molecule has 2 aromatic carbocycles. The van der Waals surface area contributed by atoms with E-state index in [2.05, 4.69) is 39.5 Å². The van der Waals surface area contributed by atoms with E-state index in [0.29, 0.717) is 52.3 Å². The molecule has 0 aliphatic carbocycles. The van der Waals surface area contributed by atoms with E-state index in [4.69, 9.17) is 27.9 Å². The Labute approximate surface area is 219 Å². The monoisotopic (exact) mass is 531 g/mol. The molecule has 0 spiro atoms. The molecule has 2 atom stereocenters. The zero-order valence-corrected chi connectivity index (χ0v) is 21.6. The number of amides is 1. The summed E-state index contributed by atoms with van der Waals surface area (Å²) in [6, 6.07) is 7.86. The van der Waals surface area contributed by atoms with Crippen LogP contribution in [-0.2, 0) is 4.79 Å². The van der Waals surface area contributed by atoms with E-state index in [1.807, 2.05) is 0 Å². The highest BCUT2D eigenvalue weighted by molar-refractivity contribution is 6.31. The summed E-state index contributed by atoms with van der Waals surface area (Å²) in [7, 11) is 2.13. The van der Waals surface area contributed by atoms with Crippen LogP contribution in [0.2, 0.25) is 5.02 Å². The number of anilines is 3. The van der Waals surface area contributed by atoms with Crippen LogP contribution in [0.15, 0.2) is 48.8 Å². The number of rotatable bonds is 9. The summed E-state index contributed by atoms with van der Waals surface area (Å²) in [6.45, 7) is 4.91. The molecule has 0 bridgehead atoms. The number of hydrogen-bond donors (Lipinski definition) is 2. The number of benzene rings is 2. The van der Waals surface area contributed by atoms with Gasteiger partial charge < -0.3 is 20.3 Å². The van der Waals surface area contributed by atoms with Crippen LogP contribution >= 0.6 is 23.2 Å². The lowest BCUT2D eigenvalue weighted by molar-refractivity contribution is -0.111. The van der Waals surface area contributed by atoms with Crippen molar-refractivity contribution in [3.05, 3.63) is 59.7 Å². The predicted molar refractivity (Wildman–Crippen MR) is 143 cm³/mol. The van der Waals surface area contributed by atoms with E-state index >= 15 is 0 Å². The Morgan fingerprint density at radius 1 is 1.28 bits per heavy atom. The minimum atomic E-state index is -0.509. The highest BCUT2D eigenvalue weighted by atomic mass is 35.5. The molecule has 2 heterocycles. The minimum Gasteiger partial charge on any atom is -0.491 e. The van der Waals surface area contributed by atoms with Gasteiger partial charge in [-0.2, -0.15) is 0 Å². The van der Waals surface area contributed by atoms with Crippen LogP contribution in [0.4, 0.5) is 21.6 Å². The standard InChI is InChI=1S/C26H28Cl2FN5O2/c1-16-13-34(2)14-17(16)7-9-36-24-12-22-19(11-23(24)33-25(35)4-3-8-27)26(31-15-30-22)32-18-5-6-21(29)20(28)10-18/h3-6,10-12,15-17H,7-9,13-14H2,1-2H3,(H,33,35)(H,30,31,32)/b4-3+. The van der Waals surface area contributed by atoms with Crippen LogP contribution < -0.4 is 15.4 Å². The number of nitrogens with one attached hydrogen (secondary N) is 2. The molecule has 1 aliphatic rings. The van der Waals surface area contributed by atoms with Crippen molar-refractivity contribution >= 4 is 57.2 Å².